The van der Waals surface area contributed by atoms with Crippen LogP contribution < -0.4 is 0 Å². The van der Waals surface area contributed by atoms with Gasteiger partial charge in [0.05, 0.1) is 16.6 Å². The lowest BCUT2D eigenvalue weighted by Gasteiger charge is -2.13. The summed E-state index contributed by atoms with van der Waals surface area (Å²) in [5.74, 6) is 1.91. The summed E-state index contributed by atoms with van der Waals surface area (Å²) in [5, 5.41) is 3.69. The minimum atomic E-state index is 0.598. The number of benzene rings is 6. The molecule has 294 valence electrons. The molecule has 10 aromatic rings. The fourth-order valence-corrected chi connectivity index (χ4v) is 9.57. The monoisotopic (exact) mass is 796 g/mol. The van der Waals surface area contributed by atoms with Crippen molar-refractivity contribution in [3.05, 3.63) is 205 Å². The lowest BCUT2D eigenvalue weighted by atomic mass is 9.94. The first-order valence-corrected chi connectivity index (χ1v) is 21.4. The zero-order valence-corrected chi connectivity index (χ0v) is 34.0. The number of para-hydroxylation sites is 2. The van der Waals surface area contributed by atoms with Gasteiger partial charge < -0.3 is 9.13 Å². The van der Waals surface area contributed by atoms with Gasteiger partial charge >= 0.3 is 0 Å². The summed E-state index contributed by atoms with van der Waals surface area (Å²) in [6.45, 7) is 0. The van der Waals surface area contributed by atoms with E-state index in [1.54, 1.807) is 0 Å². The highest BCUT2D eigenvalue weighted by Crippen LogP contribution is 2.42. The Morgan fingerprint density at radius 3 is 1.90 bits per heavy atom. The molecule has 4 heterocycles. The number of aromatic nitrogens is 6. The Hall–Kier alpha value is -7.96. The maximum absolute atomic E-state index is 5.05. The summed E-state index contributed by atoms with van der Waals surface area (Å²) in [7, 11) is 0. The van der Waals surface area contributed by atoms with E-state index in [9.17, 15) is 0 Å². The minimum absolute atomic E-state index is 0.598. The number of fused-ring (bicyclic) bond motifs is 6. The molecule has 2 aliphatic carbocycles. The highest BCUT2D eigenvalue weighted by molar-refractivity contribution is 6.16. The molecular weight excluding hydrogens is 757 g/mol. The number of rotatable bonds is 7. The van der Waals surface area contributed by atoms with Gasteiger partial charge in [0.25, 0.3) is 0 Å². The molecule has 0 saturated heterocycles. The predicted octanol–water partition coefficient (Wildman–Crippen LogP) is 13.7. The van der Waals surface area contributed by atoms with E-state index in [0.29, 0.717) is 17.5 Å². The summed E-state index contributed by atoms with van der Waals surface area (Å²) in [6, 6.07) is 54.2. The van der Waals surface area contributed by atoms with Crippen molar-refractivity contribution in [3.8, 4) is 56.4 Å². The van der Waals surface area contributed by atoms with Gasteiger partial charge in [-0.2, -0.15) is 0 Å². The van der Waals surface area contributed by atoms with E-state index in [0.717, 1.165) is 70.2 Å². The number of hydrogen-bond donors (Lipinski definition) is 0. The van der Waals surface area contributed by atoms with Crippen LogP contribution in [0.4, 0.5) is 0 Å². The van der Waals surface area contributed by atoms with Crippen LogP contribution in [0.15, 0.2) is 188 Å². The summed E-state index contributed by atoms with van der Waals surface area (Å²) < 4.78 is 4.85. The summed E-state index contributed by atoms with van der Waals surface area (Å²) in [4.78, 5) is 19.8. The lowest BCUT2D eigenvalue weighted by molar-refractivity contribution is 0.968. The molecule has 0 bridgehead atoms. The van der Waals surface area contributed by atoms with Gasteiger partial charge in [-0.05, 0) is 103 Å². The van der Waals surface area contributed by atoms with Crippen molar-refractivity contribution in [1.82, 2.24) is 29.1 Å². The Balaban J connectivity index is 1.00. The highest BCUT2D eigenvalue weighted by Gasteiger charge is 2.23. The van der Waals surface area contributed by atoms with E-state index in [4.69, 9.17) is 19.9 Å². The Bertz CT molecular complexity index is 3460. The quantitative estimate of drug-likeness (QED) is 0.161. The topological polar surface area (TPSA) is 61.4 Å². The largest absolute Gasteiger partial charge is 0.310 e. The Labute approximate surface area is 359 Å². The fourth-order valence-electron chi connectivity index (χ4n) is 9.57. The van der Waals surface area contributed by atoms with E-state index >= 15 is 0 Å². The molecular formula is C56H40N6. The zero-order valence-electron chi connectivity index (χ0n) is 34.0. The van der Waals surface area contributed by atoms with Crippen LogP contribution in [0.25, 0.3) is 101 Å². The smallest absolute Gasteiger partial charge is 0.165 e. The van der Waals surface area contributed by atoms with E-state index < -0.39 is 0 Å². The molecule has 4 aromatic heterocycles. The summed E-state index contributed by atoms with van der Waals surface area (Å²) in [6.07, 6.45) is 19.0. The molecule has 62 heavy (non-hydrogen) atoms. The van der Waals surface area contributed by atoms with Gasteiger partial charge in [0.1, 0.15) is 0 Å². The normalized spacial score (nSPS) is 13.5. The van der Waals surface area contributed by atoms with Crippen molar-refractivity contribution in [2.24, 2.45) is 0 Å². The van der Waals surface area contributed by atoms with Crippen LogP contribution in [-0.4, -0.2) is 29.1 Å². The molecule has 0 amide bonds. The van der Waals surface area contributed by atoms with Crippen LogP contribution in [0.5, 0.6) is 0 Å². The van der Waals surface area contributed by atoms with Gasteiger partial charge in [-0.15, -0.1) is 0 Å². The molecule has 0 atom stereocenters. The first-order chi connectivity index (χ1) is 30.8. The molecule has 0 spiro atoms. The molecule has 0 radical (unpaired) electrons. The van der Waals surface area contributed by atoms with Crippen LogP contribution in [-0.2, 0) is 6.42 Å². The van der Waals surface area contributed by atoms with Gasteiger partial charge in [-0.25, -0.2) is 15.0 Å². The maximum Gasteiger partial charge on any atom is 0.165 e. The SMILES string of the molecule is C1=CC(c2nc(-c3ccccc3)nc(-c3cncc(-c4cccc5c4c4ccccc4n5-c4cccc(-c5cccc6c5c5c(n6-c6ccccc6)C=CCC5)c4)c3)n2)=CCC1. The van der Waals surface area contributed by atoms with Crippen LogP contribution in [0, 0.1) is 0 Å². The Morgan fingerprint density at radius 2 is 1.08 bits per heavy atom. The Kier molecular flexibility index (Phi) is 8.66. The molecule has 0 aliphatic heterocycles. The molecule has 0 N–H and O–H groups in total. The number of nitrogens with zero attached hydrogens (tertiary/aromatic N) is 6. The number of allylic oxidation sites excluding steroid dienone is 5. The summed E-state index contributed by atoms with van der Waals surface area (Å²) >= 11 is 0. The third kappa shape index (κ3) is 6.02. The maximum atomic E-state index is 5.05. The third-order valence-corrected chi connectivity index (χ3v) is 12.3. The molecule has 12 rings (SSSR count). The first-order valence-electron chi connectivity index (χ1n) is 21.4. The van der Waals surface area contributed by atoms with Crippen molar-refractivity contribution in [1.29, 1.82) is 0 Å². The number of aryl methyl sites for hydroxylation is 1. The van der Waals surface area contributed by atoms with Crippen LogP contribution in [0.2, 0.25) is 0 Å². The van der Waals surface area contributed by atoms with Crippen LogP contribution in [0.1, 0.15) is 36.3 Å². The van der Waals surface area contributed by atoms with Gasteiger partial charge in [0, 0.05) is 67.9 Å². The van der Waals surface area contributed by atoms with E-state index in [1.807, 2.05) is 42.7 Å². The summed E-state index contributed by atoms with van der Waals surface area (Å²) in [5.41, 5.74) is 15.9. The van der Waals surface area contributed by atoms with E-state index in [2.05, 4.69) is 161 Å². The molecule has 0 saturated carbocycles. The van der Waals surface area contributed by atoms with Crippen molar-refractivity contribution in [2.75, 3.05) is 0 Å². The minimum Gasteiger partial charge on any atom is -0.310 e. The average molecular weight is 797 g/mol. The standard InChI is InChI=1S/C56H40N6/c1-4-17-37(18-5-1)54-58-55(38-19-6-2-7-20-38)60-56(59-54)41-33-40(35-57-36-41)45-28-16-32-51-53(45)47-26-11-13-30-49(47)62(51)43-24-14-21-39(34-43)44-27-15-31-50-52(44)46-25-10-12-29-48(46)61(50)42-22-8-3-9-23-42/h1,3-6,8-9,11-24,26-36H,2,7,10,25H2. The molecule has 6 heteroatoms. The second-order valence-electron chi connectivity index (χ2n) is 16.1. The van der Waals surface area contributed by atoms with Crippen molar-refractivity contribution in [2.45, 2.75) is 25.7 Å². The second kappa shape index (κ2) is 14.9. The zero-order chi connectivity index (χ0) is 41.0. The molecule has 2 aliphatic rings. The highest BCUT2D eigenvalue weighted by atomic mass is 15.0. The predicted molar refractivity (Wildman–Crippen MR) is 254 cm³/mol. The lowest BCUT2D eigenvalue weighted by Crippen LogP contribution is -2.03. The average Bonchev–Trinajstić information content (AvgIpc) is 3.88. The molecule has 0 fully saturated rings. The van der Waals surface area contributed by atoms with Gasteiger partial charge in [0.2, 0.25) is 0 Å². The van der Waals surface area contributed by atoms with E-state index in [-0.39, 0.29) is 0 Å². The van der Waals surface area contributed by atoms with Gasteiger partial charge in [0.15, 0.2) is 17.5 Å². The first kappa shape index (κ1) is 35.9. The van der Waals surface area contributed by atoms with Gasteiger partial charge in [-0.1, -0.05) is 127 Å². The second-order valence-corrected chi connectivity index (χ2v) is 16.1. The Morgan fingerprint density at radius 1 is 0.435 bits per heavy atom. The van der Waals surface area contributed by atoms with Crippen molar-refractivity contribution >= 4 is 44.4 Å². The number of pyridine rings is 1. The van der Waals surface area contributed by atoms with Crippen LogP contribution in [0.3, 0.4) is 0 Å². The molecule has 6 nitrogen and oxygen atoms in total. The van der Waals surface area contributed by atoms with Crippen LogP contribution >= 0.6 is 0 Å². The van der Waals surface area contributed by atoms with Crippen molar-refractivity contribution in [3.63, 3.8) is 0 Å². The fraction of sp³-hybridized carbons (Fsp3) is 0.0714. The van der Waals surface area contributed by atoms with Crippen molar-refractivity contribution < 1.29 is 0 Å². The van der Waals surface area contributed by atoms with E-state index in [1.165, 1.54) is 49.7 Å². The third-order valence-electron chi connectivity index (χ3n) is 12.3. The van der Waals surface area contributed by atoms with Gasteiger partial charge in [-0.3, -0.25) is 4.98 Å². The number of hydrogen-bond acceptors (Lipinski definition) is 4. The molecule has 6 aromatic carbocycles. The molecule has 0 unspecified atom stereocenters.